The predicted octanol–water partition coefficient (Wildman–Crippen LogP) is 2.56. The molecule has 2 atom stereocenters. The van der Waals surface area contributed by atoms with Gasteiger partial charge in [-0.15, -0.1) is 0 Å². The van der Waals surface area contributed by atoms with Gasteiger partial charge < -0.3 is 10.4 Å². The average Bonchev–Trinajstić information content (AvgIpc) is 3.03. The quantitative estimate of drug-likeness (QED) is 0.913. The highest BCUT2D eigenvalue weighted by molar-refractivity contribution is 6.30. The van der Waals surface area contributed by atoms with Gasteiger partial charge in [0.2, 0.25) is 0 Å². The Morgan fingerprint density at radius 2 is 2.33 bits per heavy atom. The second-order valence-corrected chi connectivity index (χ2v) is 6.43. The highest BCUT2D eigenvalue weighted by Crippen LogP contribution is 2.33. The van der Waals surface area contributed by atoms with E-state index >= 15 is 0 Å². The highest BCUT2D eigenvalue weighted by Gasteiger charge is 2.28. The number of rotatable bonds is 4. The fourth-order valence-corrected chi connectivity index (χ4v) is 3.12. The summed E-state index contributed by atoms with van der Waals surface area (Å²) < 4.78 is 1.71. The summed E-state index contributed by atoms with van der Waals surface area (Å²) in [4.78, 5) is 0. The van der Waals surface area contributed by atoms with Gasteiger partial charge >= 0.3 is 0 Å². The number of aromatic nitrogens is 2. The van der Waals surface area contributed by atoms with E-state index < -0.39 is 5.60 Å². The molecule has 0 radical (unpaired) electrons. The van der Waals surface area contributed by atoms with Crippen LogP contribution in [0.15, 0.2) is 30.6 Å². The first-order valence-corrected chi connectivity index (χ1v) is 7.57. The molecule has 0 fully saturated rings. The minimum absolute atomic E-state index is 0.278. The third-order valence-electron chi connectivity index (χ3n) is 4.20. The molecule has 1 heterocycles. The molecule has 0 spiro atoms. The monoisotopic (exact) mass is 305 g/mol. The number of aryl methyl sites for hydroxylation is 2. The van der Waals surface area contributed by atoms with Crippen LogP contribution in [0, 0.1) is 0 Å². The molecule has 1 aromatic carbocycles. The lowest BCUT2D eigenvalue weighted by Gasteiger charge is -2.25. The zero-order valence-corrected chi connectivity index (χ0v) is 13.1. The largest absolute Gasteiger partial charge is 0.384 e. The Balaban J connectivity index is 1.69. The lowest BCUT2D eigenvalue weighted by atomic mass is 9.98. The topological polar surface area (TPSA) is 50.1 Å². The van der Waals surface area contributed by atoms with Gasteiger partial charge in [0.05, 0.1) is 6.20 Å². The van der Waals surface area contributed by atoms with E-state index in [0.717, 1.165) is 23.4 Å². The van der Waals surface area contributed by atoms with Crippen LogP contribution < -0.4 is 5.32 Å². The summed E-state index contributed by atoms with van der Waals surface area (Å²) in [7, 11) is 1.85. The Labute approximate surface area is 129 Å². The van der Waals surface area contributed by atoms with Crippen molar-refractivity contribution in [2.75, 3.05) is 6.54 Å². The van der Waals surface area contributed by atoms with E-state index in [2.05, 4.69) is 16.5 Å². The van der Waals surface area contributed by atoms with E-state index in [1.165, 1.54) is 11.1 Å². The van der Waals surface area contributed by atoms with Crippen molar-refractivity contribution in [3.05, 3.63) is 52.3 Å². The normalized spacial score (nSPS) is 20.3. The summed E-state index contributed by atoms with van der Waals surface area (Å²) in [5.74, 6) is 0. The van der Waals surface area contributed by atoms with Crippen molar-refractivity contribution in [3.63, 3.8) is 0 Å². The van der Waals surface area contributed by atoms with Crippen LogP contribution >= 0.6 is 11.6 Å². The first kappa shape index (κ1) is 14.6. The van der Waals surface area contributed by atoms with Gasteiger partial charge in [0.1, 0.15) is 5.60 Å². The van der Waals surface area contributed by atoms with Crippen LogP contribution in [0.3, 0.4) is 0 Å². The number of nitrogens with one attached hydrogen (secondary N) is 1. The first-order valence-electron chi connectivity index (χ1n) is 7.19. The first-order chi connectivity index (χ1) is 9.95. The SMILES string of the molecule is Cn1cc([C@](C)(O)CN[C@@H]2CCc3cc(Cl)ccc32)cn1. The van der Waals surface area contributed by atoms with E-state index in [1.54, 1.807) is 10.9 Å². The van der Waals surface area contributed by atoms with Gasteiger partial charge in [0.25, 0.3) is 0 Å². The van der Waals surface area contributed by atoms with Crippen molar-refractivity contribution in [3.8, 4) is 0 Å². The maximum absolute atomic E-state index is 10.6. The van der Waals surface area contributed by atoms with E-state index in [-0.39, 0.29) is 6.04 Å². The van der Waals surface area contributed by atoms with E-state index in [1.807, 2.05) is 32.3 Å². The van der Waals surface area contributed by atoms with Crippen molar-refractivity contribution < 1.29 is 5.11 Å². The molecular formula is C16H20ClN3O. The van der Waals surface area contributed by atoms with E-state index in [0.29, 0.717) is 6.54 Å². The molecule has 21 heavy (non-hydrogen) atoms. The van der Waals surface area contributed by atoms with Crippen LogP contribution in [0.5, 0.6) is 0 Å². The van der Waals surface area contributed by atoms with E-state index in [9.17, 15) is 5.11 Å². The number of fused-ring (bicyclic) bond motifs is 1. The molecule has 0 amide bonds. The molecule has 1 aliphatic carbocycles. The number of aliphatic hydroxyl groups is 1. The molecule has 0 saturated heterocycles. The van der Waals surface area contributed by atoms with Gasteiger partial charge in [-0.2, -0.15) is 5.10 Å². The molecule has 2 N–H and O–H groups in total. The number of hydrogen-bond donors (Lipinski definition) is 2. The molecule has 112 valence electrons. The Kier molecular flexibility index (Phi) is 3.78. The number of nitrogens with zero attached hydrogens (tertiary/aromatic N) is 2. The lowest BCUT2D eigenvalue weighted by molar-refractivity contribution is 0.0537. The van der Waals surface area contributed by atoms with Gasteiger partial charge in [0.15, 0.2) is 0 Å². The third kappa shape index (κ3) is 2.98. The molecule has 5 heteroatoms. The zero-order valence-electron chi connectivity index (χ0n) is 12.3. The van der Waals surface area contributed by atoms with Crippen molar-refractivity contribution >= 4 is 11.6 Å². The minimum atomic E-state index is -0.927. The fourth-order valence-electron chi connectivity index (χ4n) is 2.92. The second-order valence-electron chi connectivity index (χ2n) is 5.99. The standard InChI is InChI=1S/C16H20ClN3O/c1-16(21,12-8-19-20(2)9-12)10-18-15-6-3-11-7-13(17)4-5-14(11)15/h4-5,7-9,15,18,21H,3,6,10H2,1-2H3/t15-,16-/m1/s1. The Morgan fingerprint density at radius 1 is 1.52 bits per heavy atom. The number of hydrogen-bond acceptors (Lipinski definition) is 3. The molecule has 1 aliphatic rings. The second kappa shape index (κ2) is 5.44. The van der Waals surface area contributed by atoms with Crippen molar-refractivity contribution in [1.29, 1.82) is 0 Å². The Bertz CT molecular complexity index is 651. The van der Waals surface area contributed by atoms with Crippen LogP contribution in [0.25, 0.3) is 0 Å². The third-order valence-corrected chi connectivity index (χ3v) is 4.44. The molecule has 0 bridgehead atoms. The van der Waals surface area contributed by atoms with Gasteiger partial charge in [-0.25, -0.2) is 0 Å². The fraction of sp³-hybridized carbons (Fsp3) is 0.438. The highest BCUT2D eigenvalue weighted by atomic mass is 35.5. The summed E-state index contributed by atoms with van der Waals surface area (Å²) in [5, 5.41) is 19.0. The molecule has 2 aromatic rings. The predicted molar refractivity (Wildman–Crippen MR) is 83.3 cm³/mol. The summed E-state index contributed by atoms with van der Waals surface area (Å²) >= 11 is 6.03. The molecule has 3 rings (SSSR count). The molecule has 0 saturated carbocycles. The summed E-state index contributed by atoms with van der Waals surface area (Å²) in [5.41, 5.74) is 2.50. The van der Waals surface area contributed by atoms with Crippen LogP contribution in [0.4, 0.5) is 0 Å². The molecule has 0 unspecified atom stereocenters. The smallest absolute Gasteiger partial charge is 0.102 e. The number of benzene rings is 1. The minimum Gasteiger partial charge on any atom is -0.384 e. The van der Waals surface area contributed by atoms with Gasteiger partial charge in [-0.3, -0.25) is 4.68 Å². The maximum Gasteiger partial charge on any atom is 0.102 e. The summed E-state index contributed by atoms with van der Waals surface area (Å²) in [6.07, 6.45) is 5.63. The van der Waals surface area contributed by atoms with Crippen molar-refractivity contribution in [1.82, 2.24) is 15.1 Å². The zero-order chi connectivity index (χ0) is 15.0. The molecular weight excluding hydrogens is 286 g/mol. The average molecular weight is 306 g/mol. The molecule has 1 aromatic heterocycles. The van der Waals surface area contributed by atoms with Crippen LogP contribution in [0.1, 0.15) is 36.1 Å². The summed E-state index contributed by atoms with van der Waals surface area (Å²) in [6.45, 7) is 2.31. The maximum atomic E-state index is 10.6. The van der Waals surface area contributed by atoms with Crippen LogP contribution in [0.2, 0.25) is 5.02 Å². The summed E-state index contributed by atoms with van der Waals surface area (Å²) in [6, 6.07) is 6.33. The lowest BCUT2D eigenvalue weighted by Crippen LogP contribution is -2.36. The Morgan fingerprint density at radius 3 is 3.05 bits per heavy atom. The van der Waals surface area contributed by atoms with Crippen molar-refractivity contribution in [2.24, 2.45) is 7.05 Å². The Hall–Kier alpha value is -1.36. The molecule has 4 nitrogen and oxygen atoms in total. The number of halogens is 1. The molecule has 0 aliphatic heterocycles. The van der Waals surface area contributed by atoms with Crippen molar-refractivity contribution in [2.45, 2.75) is 31.4 Å². The van der Waals surface area contributed by atoms with E-state index in [4.69, 9.17) is 11.6 Å². The van der Waals surface area contributed by atoms with Crippen LogP contribution in [-0.4, -0.2) is 21.4 Å². The van der Waals surface area contributed by atoms with Gasteiger partial charge in [0, 0.05) is 36.4 Å². The van der Waals surface area contributed by atoms with Gasteiger partial charge in [-0.05, 0) is 43.0 Å². The van der Waals surface area contributed by atoms with Crippen LogP contribution in [-0.2, 0) is 19.1 Å². The van der Waals surface area contributed by atoms with Gasteiger partial charge in [-0.1, -0.05) is 17.7 Å².